The van der Waals surface area contributed by atoms with Gasteiger partial charge in [0.15, 0.2) is 6.04 Å². The van der Waals surface area contributed by atoms with Crippen LogP contribution in [-0.4, -0.2) is 182 Å². The van der Waals surface area contributed by atoms with Crippen molar-refractivity contribution in [3.05, 3.63) is 65.7 Å². The van der Waals surface area contributed by atoms with Crippen LogP contribution in [-0.2, 0) is 65.6 Å². The van der Waals surface area contributed by atoms with E-state index in [1.54, 1.807) is 30.3 Å². The zero-order chi connectivity index (χ0) is 57.4. The molecule has 1 heterocycles. The Kier molecular flexibility index (Phi) is 26.3. The third-order valence-corrected chi connectivity index (χ3v) is 12.4. The van der Waals surface area contributed by atoms with Gasteiger partial charge in [0.1, 0.15) is 48.0 Å². The summed E-state index contributed by atoms with van der Waals surface area (Å²) in [6.07, 6.45) is -2.15. The second-order valence-corrected chi connectivity index (χ2v) is 18.4. The van der Waals surface area contributed by atoms with Gasteiger partial charge in [0.2, 0.25) is 59.1 Å². The average molecular weight is 1090 g/mol. The van der Waals surface area contributed by atoms with E-state index in [1.165, 1.54) is 36.1 Å². The van der Waals surface area contributed by atoms with Crippen LogP contribution in [0.2, 0.25) is 0 Å². The Balaban J connectivity index is 1.85. The number of hydrogen-bond donors (Lipinski definition) is 16. The SMILES string of the molecule is C[C@@H](O)[C@H](NC(=O)[C@H](Cc1ccccc1)NC(=O)[C@@H]1CCCN1C(=O)[C@H](CCCCN)NC(=O)[C@H](CO)NC(=O)[C@H](Cc1ccc(O)cc1)NC(=O)[C@H](CO)NC(=O)[C@H](CCC(N)=O)NC(=O)[C@@H](N)CCC(N)=O)C(=O)O. The minimum Gasteiger partial charge on any atom is -0.508 e. The molecule has 28 heteroatoms. The van der Waals surface area contributed by atoms with Crippen LogP contribution in [0, 0.1) is 0 Å². The maximum absolute atomic E-state index is 14.4. The van der Waals surface area contributed by atoms with Crippen LogP contribution in [0.15, 0.2) is 54.6 Å². The minimum atomic E-state index is -1.82. The predicted octanol–water partition coefficient (Wildman–Crippen LogP) is -6.00. The van der Waals surface area contributed by atoms with Crippen molar-refractivity contribution in [1.29, 1.82) is 0 Å². The predicted molar refractivity (Wildman–Crippen MR) is 271 cm³/mol. The first kappa shape index (κ1) is 63.5. The molecule has 10 amide bonds. The molecule has 0 saturated carbocycles. The van der Waals surface area contributed by atoms with Crippen LogP contribution in [0.5, 0.6) is 5.75 Å². The number of nitrogens with two attached hydrogens (primary N) is 4. The van der Waals surface area contributed by atoms with E-state index < -0.39 is 145 Å². The van der Waals surface area contributed by atoms with Crippen molar-refractivity contribution in [1.82, 2.24) is 42.1 Å². The molecule has 0 aromatic heterocycles. The number of aromatic hydroxyl groups is 1. The maximum atomic E-state index is 14.4. The van der Waals surface area contributed by atoms with E-state index in [2.05, 4.69) is 37.2 Å². The van der Waals surface area contributed by atoms with Gasteiger partial charge in [0, 0.05) is 32.2 Å². The average Bonchev–Trinajstić information content (AvgIpc) is 3.89. The molecule has 2 aromatic carbocycles. The number of unbranched alkanes of at least 4 members (excludes halogenated alkanes) is 1. The highest BCUT2D eigenvalue weighted by Crippen LogP contribution is 2.21. The number of carbonyl (C=O) groups is 11. The number of hydrogen-bond acceptors (Lipinski definition) is 17. The Morgan fingerprint density at radius 3 is 1.62 bits per heavy atom. The molecule has 28 nitrogen and oxygen atoms in total. The second kappa shape index (κ2) is 31.9. The molecule has 3 rings (SSSR count). The first-order chi connectivity index (χ1) is 36.5. The van der Waals surface area contributed by atoms with E-state index in [4.69, 9.17) is 22.9 Å². The number of nitrogens with zero attached hydrogens (tertiary/aromatic N) is 1. The molecule has 10 atom stereocenters. The molecular weight excluding hydrogens is 1010 g/mol. The molecule has 1 aliphatic heterocycles. The topological polar surface area (TPSA) is 480 Å². The van der Waals surface area contributed by atoms with Gasteiger partial charge in [-0.2, -0.15) is 0 Å². The number of aliphatic carboxylic acids is 1. The molecule has 1 fully saturated rings. The monoisotopic (exact) mass is 1080 g/mol. The lowest BCUT2D eigenvalue weighted by Gasteiger charge is -2.31. The van der Waals surface area contributed by atoms with Gasteiger partial charge < -0.3 is 90.6 Å². The molecule has 20 N–H and O–H groups in total. The number of carboxylic acids is 1. The Bertz CT molecular complexity index is 2360. The van der Waals surface area contributed by atoms with Crippen LogP contribution < -0.4 is 60.2 Å². The van der Waals surface area contributed by atoms with Crippen LogP contribution in [0.1, 0.15) is 75.8 Å². The number of primary amides is 2. The zero-order valence-electron chi connectivity index (χ0n) is 42.6. The molecule has 2 aromatic rings. The number of amides is 10. The van der Waals surface area contributed by atoms with Gasteiger partial charge in [-0.15, -0.1) is 0 Å². The maximum Gasteiger partial charge on any atom is 0.328 e. The van der Waals surface area contributed by atoms with E-state index in [0.717, 1.165) is 0 Å². The Morgan fingerprint density at radius 1 is 0.610 bits per heavy atom. The molecule has 0 spiro atoms. The number of rotatable bonds is 33. The first-order valence-corrected chi connectivity index (χ1v) is 24.9. The highest BCUT2D eigenvalue weighted by Gasteiger charge is 2.40. The Hall–Kier alpha value is -7.79. The van der Waals surface area contributed by atoms with Gasteiger partial charge in [-0.3, -0.25) is 47.9 Å². The van der Waals surface area contributed by atoms with E-state index in [-0.39, 0.29) is 70.2 Å². The van der Waals surface area contributed by atoms with Gasteiger partial charge in [0.05, 0.1) is 25.4 Å². The van der Waals surface area contributed by atoms with Crippen molar-refractivity contribution in [3.63, 3.8) is 0 Å². The molecule has 0 unspecified atom stereocenters. The van der Waals surface area contributed by atoms with Gasteiger partial charge in [-0.05, 0) is 81.7 Å². The van der Waals surface area contributed by atoms with E-state index in [1.807, 2.05) is 0 Å². The van der Waals surface area contributed by atoms with Crippen LogP contribution in [0.3, 0.4) is 0 Å². The summed E-state index contributed by atoms with van der Waals surface area (Å²) in [6, 6.07) is 0.0332. The standard InChI is InChI=1S/C49H72N12O16/c1-26(64)40(49(76)77)60-44(71)34(22-27-8-3-2-4-9-27)57-47(74)37-11-7-21-61(37)48(75)32(10-5-6-20-50)55-45(72)35(24-62)59-43(70)33(23-28-12-14-29(65)15-13-28)56-46(73)36(25-63)58-42(69)31(17-19-39(53)67)54-41(68)30(51)16-18-38(52)66/h2-4,8-9,12-15,26,30-37,40,62-65H,5-7,10-11,16-25,50-51H2,1H3,(H2,52,66)(H2,53,67)(H,54,68)(H,55,72)(H,56,73)(H,57,74)(H,58,69)(H,59,70)(H,60,71)(H,76,77)/t26-,30+,31+,32+,33+,34+,35+,36+,37+,40+/m1/s1. The van der Waals surface area contributed by atoms with Crippen molar-refractivity contribution >= 4 is 65.0 Å². The number of aliphatic hydroxyl groups is 3. The van der Waals surface area contributed by atoms with Crippen molar-refractivity contribution < 1.29 is 78.3 Å². The number of carbonyl (C=O) groups excluding carboxylic acids is 10. The number of carboxylic acid groups (broad SMARTS) is 1. The molecule has 424 valence electrons. The number of aliphatic hydroxyl groups excluding tert-OH is 3. The summed E-state index contributed by atoms with van der Waals surface area (Å²) in [5.41, 5.74) is 22.9. The summed E-state index contributed by atoms with van der Waals surface area (Å²) in [5, 5.41) is 66.9. The van der Waals surface area contributed by atoms with Gasteiger partial charge in [0.25, 0.3) is 0 Å². The second-order valence-electron chi connectivity index (χ2n) is 18.4. The summed E-state index contributed by atoms with van der Waals surface area (Å²) < 4.78 is 0. The zero-order valence-corrected chi connectivity index (χ0v) is 42.6. The summed E-state index contributed by atoms with van der Waals surface area (Å²) in [7, 11) is 0. The number of phenols is 1. The summed E-state index contributed by atoms with van der Waals surface area (Å²) >= 11 is 0. The fourth-order valence-electron chi connectivity index (χ4n) is 8.04. The molecule has 0 radical (unpaired) electrons. The van der Waals surface area contributed by atoms with Crippen molar-refractivity contribution in [3.8, 4) is 5.75 Å². The lowest BCUT2D eigenvalue weighted by atomic mass is 10.0. The Labute approximate surface area is 443 Å². The lowest BCUT2D eigenvalue weighted by Crippen LogP contribution is -2.61. The summed E-state index contributed by atoms with van der Waals surface area (Å²) in [4.78, 5) is 146. The lowest BCUT2D eigenvalue weighted by molar-refractivity contribution is -0.145. The molecule has 77 heavy (non-hydrogen) atoms. The highest BCUT2D eigenvalue weighted by atomic mass is 16.4. The number of nitrogens with one attached hydrogen (secondary N) is 7. The van der Waals surface area contributed by atoms with Crippen molar-refractivity contribution in [2.24, 2.45) is 22.9 Å². The third-order valence-electron chi connectivity index (χ3n) is 12.4. The van der Waals surface area contributed by atoms with Crippen LogP contribution >= 0.6 is 0 Å². The van der Waals surface area contributed by atoms with Crippen LogP contribution in [0.4, 0.5) is 0 Å². The molecule has 1 saturated heterocycles. The Morgan fingerprint density at radius 2 is 1.09 bits per heavy atom. The fourth-order valence-corrected chi connectivity index (χ4v) is 8.04. The fraction of sp³-hybridized carbons (Fsp3) is 0.531. The highest BCUT2D eigenvalue weighted by molar-refractivity contribution is 5.98. The quantitative estimate of drug-likeness (QED) is 0.0296. The van der Waals surface area contributed by atoms with Crippen molar-refractivity contribution in [2.45, 2.75) is 138 Å². The molecule has 1 aliphatic rings. The number of likely N-dealkylation sites (tertiary alicyclic amines) is 1. The summed E-state index contributed by atoms with van der Waals surface area (Å²) in [6.45, 7) is -0.736. The largest absolute Gasteiger partial charge is 0.508 e. The molecular formula is C49H72N12O16. The van der Waals surface area contributed by atoms with E-state index in [0.29, 0.717) is 24.0 Å². The normalized spacial score (nSPS) is 16.5. The van der Waals surface area contributed by atoms with E-state index in [9.17, 15) is 78.3 Å². The van der Waals surface area contributed by atoms with Crippen LogP contribution in [0.25, 0.3) is 0 Å². The third kappa shape index (κ3) is 21.0. The summed E-state index contributed by atoms with van der Waals surface area (Å²) in [5.74, 6) is -11.1. The minimum absolute atomic E-state index is 0.0299. The first-order valence-electron chi connectivity index (χ1n) is 24.9. The molecule has 0 aliphatic carbocycles. The molecule has 0 bridgehead atoms. The van der Waals surface area contributed by atoms with Gasteiger partial charge >= 0.3 is 5.97 Å². The smallest absolute Gasteiger partial charge is 0.328 e. The van der Waals surface area contributed by atoms with Crippen molar-refractivity contribution in [2.75, 3.05) is 26.3 Å². The van der Waals surface area contributed by atoms with Gasteiger partial charge in [-0.1, -0.05) is 42.5 Å². The van der Waals surface area contributed by atoms with E-state index >= 15 is 0 Å². The number of phenolic OH excluding ortho intramolecular Hbond substituents is 1. The van der Waals surface area contributed by atoms with Gasteiger partial charge in [-0.25, -0.2) is 4.79 Å². The number of benzene rings is 2.